The number of halogens is 1. The molecule has 0 bridgehead atoms. The van der Waals surface area contributed by atoms with Crippen LogP contribution in [0.1, 0.15) is 6.92 Å². The fourth-order valence-corrected chi connectivity index (χ4v) is 0.705. The molecule has 0 fully saturated rings. The number of anilines is 1. The van der Waals surface area contributed by atoms with Crippen LogP contribution in [-0.4, -0.2) is 6.29 Å². The zero-order valence-electron chi connectivity index (χ0n) is 6.25. The van der Waals surface area contributed by atoms with Crippen molar-refractivity contribution in [2.24, 2.45) is 0 Å². The van der Waals surface area contributed by atoms with Crippen molar-refractivity contribution in [3.05, 3.63) is 29.3 Å². The van der Waals surface area contributed by atoms with Gasteiger partial charge in [-0.25, -0.2) is 0 Å². The van der Waals surface area contributed by atoms with Gasteiger partial charge >= 0.3 is 0 Å². The van der Waals surface area contributed by atoms with Crippen LogP contribution in [0, 0.1) is 0 Å². The second kappa shape index (κ2) is 5.74. The Labute approximate surface area is 71.0 Å². The van der Waals surface area contributed by atoms with E-state index in [1.165, 1.54) is 6.92 Å². The Balaban J connectivity index is 0.000000292. The van der Waals surface area contributed by atoms with Gasteiger partial charge in [-0.15, -0.1) is 0 Å². The minimum Gasteiger partial charge on any atom is -0.399 e. The first kappa shape index (κ1) is 9.98. The number of rotatable bonds is 0. The molecule has 1 aromatic rings. The maximum Gasteiger partial charge on any atom is 0.116 e. The van der Waals surface area contributed by atoms with Crippen molar-refractivity contribution >= 4 is 23.6 Å². The molecule has 0 saturated carbocycles. The van der Waals surface area contributed by atoms with Crippen LogP contribution in [0.3, 0.4) is 0 Å². The molecule has 0 unspecified atom stereocenters. The van der Waals surface area contributed by atoms with E-state index in [9.17, 15) is 0 Å². The van der Waals surface area contributed by atoms with Gasteiger partial charge in [0.25, 0.3) is 0 Å². The van der Waals surface area contributed by atoms with Crippen molar-refractivity contribution in [1.82, 2.24) is 0 Å². The van der Waals surface area contributed by atoms with Crippen LogP contribution < -0.4 is 5.73 Å². The summed E-state index contributed by atoms with van der Waals surface area (Å²) in [7, 11) is 0. The minimum absolute atomic E-state index is 0.685. The summed E-state index contributed by atoms with van der Waals surface area (Å²) in [6, 6.07) is 7.11. The molecule has 0 amide bonds. The fraction of sp³-hybridized carbons (Fsp3) is 0.125. The Morgan fingerprint density at radius 3 is 2.36 bits per heavy atom. The van der Waals surface area contributed by atoms with E-state index in [0.29, 0.717) is 10.7 Å². The van der Waals surface area contributed by atoms with E-state index in [-0.39, 0.29) is 0 Å². The van der Waals surface area contributed by atoms with Crippen LogP contribution in [0.15, 0.2) is 24.3 Å². The van der Waals surface area contributed by atoms with Crippen molar-refractivity contribution in [2.75, 3.05) is 5.73 Å². The molecule has 0 radical (unpaired) electrons. The predicted octanol–water partition coefficient (Wildman–Crippen LogP) is 2.13. The fourth-order valence-electron chi connectivity index (χ4n) is 0.507. The number of benzene rings is 1. The Morgan fingerprint density at radius 1 is 1.55 bits per heavy atom. The Hall–Kier alpha value is -1.02. The molecule has 2 N–H and O–H groups in total. The van der Waals surface area contributed by atoms with E-state index in [4.69, 9.17) is 22.1 Å². The highest BCUT2D eigenvalue weighted by Gasteiger charge is 1.83. The van der Waals surface area contributed by atoms with Gasteiger partial charge in [-0.3, -0.25) is 0 Å². The van der Waals surface area contributed by atoms with Crippen molar-refractivity contribution < 1.29 is 4.79 Å². The van der Waals surface area contributed by atoms with Crippen LogP contribution >= 0.6 is 11.6 Å². The standard InChI is InChI=1S/C6H6ClN.C2H4O/c7-5-2-1-3-6(8)4-5;1-2-3/h1-4H,8H2;2H,1H3. The van der Waals surface area contributed by atoms with Gasteiger partial charge in [-0.1, -0.05) is 17.7 Å². The highest BCUT2D eigenvalue weighted by atomic mass is 35.5. The van der Waals surface area contributed by atoms with E-state index >= 15 is 0 Å². The summed E-state index contributed by atoms with van der Waals surface area (Å²) in [5, 5.41) is 0.685. The van der Waals surface area contributed by atoms with Crippen LogP contribution in [0.4, 0.5) is 5.69 Å². The Bertz CT molecular complexity index is 208. The van der Waals surface area contributed by atoms with Crippen LogP contribution in [-0.2, 0) is 4.79 Å². The normalized spacial score (nSPS) is 7.82. The van der Waals surface area contributed by atoms with Gasteiger partial charge in [0, 0.05) is 10.7 Å². The molecule has 0 aromatic heterocycles. The monoisotopic (exact) mass is 171 g/mol. The van der Waals surface area contributed by atoms with Crippen LogP contribution in [0.25, 0.3) is 0 Å². The van der Waals surface area contributed by atoms with Gasteiger partial charge in [-0.05, 0) is 25.1 Å². The predicted molar refractivity (Wildman–Crippen MR) is 47.6 cm³/mol. The summed E-state index contributed by atoms with van der Waals surface area (Å²) < 4.78 is 0. The lowest BCUT2D eigenvalue weighted by atomic mass is 10.3. The average molecular weight is 172 g/mol. The number of nitrogens with two attached hydrogens (primary N) is 1. The molecule has 1 rings (SSSR count). The molecule has 0 aliphatic heterocycles. The van der Waals surface area contributed by atoms with Crippen LogP contribution in [0.5, 0.6) is 0 Å². The summed E-state index contributed by atoms with van der Waals surface area (Å²) in [6.07, 6.45) is 0.750. The third kappa shape index (κ3) is 5.43. The van der Waals surface area contributed by atoms with Gasteiger partial charge in [-0.2, -0.15) is 0 Å². The number of hydrogen-bond donors (Lipinski definition) is 1. The lowest BCUT2D eigenvalue weighted by Gasteiger charge is -1.89. The molecule has 1 aromatic carbocycles. The summed E-state index contributed by atoms with van der Waals surface area (Å²) >= 11 is 5.56. The summed E-state index contributed by atoms with van der Waals surface area (Å²) in [5.41, 5.74) is 6.08. The molecule has 0 atom stereocenters. The summed E-state index contributed by atoms with van der Waals surface area (Å²) in [5.74, 6) is 0. The van der Waals surface area contributed by atoms with E-state index in [2.05, 4.69) is 0 Å². The first-order valence-electron chi connectivity index (χ1n) is 3.11. The van der Waals surface area contributed by atoms with Gasteiger partial charge in [0.1, 0.15) is 6.29 Å². The molecule has 60 valence electrons. The summed E-state index contributed by atoms with van der Waals surface area (Å²) in [4.78, 5) is 8.81. The third-order valence-corrected chi connectivity index (χ3v) is 1.08. The molecule has 0 aliphatic rings. The van der Waals surface area contributed by atoms with Crippen molar-refractivity contribution in [3.8, 4) is 0 Å². The zero-order valence-corrected chi connectivity index (χ0v) is 7.01. The SMILES string of the molecule is CC=O.Nc1cccc(Cl)c1. The Kier molecular flexibility index (Phi) is 5.21. The molecule has 11 heavy (non-hydrogen) atoms. The smallest absolute Gasteiger partial charge is 0.116 e. The number of carbonyl (C=O) groups is 1. The second-order valence-corrected chi connectivity index (χ2v) is 2.23. The lowest BCUT2D eigenvalue weighted by molar-refractivity contribution is -0.106. The first-order chi connectivity index (χ1) is 5.20. The highest BCUT2D eigenvalue weighted by Crippen LogP contribution is 2.10. The molecule has 0 heterocycles. The van der Waals surface area contributed by atoms with Gasteiger partial charge in [0.05, 0.1) is 0 Å². The van der Waals surface area contributed by atoms with Crippen molar-refractivity contribution in [1.29, 1.82) is 0 Å². The third-order valence-electron chi connectivity index (χ3n) is 0.849. The van der Waals surface area contributed by atoms with E-state index < -0.39 is 0 Å². The number of nitrogen functional groups attached to an aromatic ring is 1. The first-order valence-corrected chi connectivity index (χ1v) is 3.49. The lowest BCUT2D eigenvalue weighted by Crippen LogP contribution is -1.80. The molecule has 0 spiro atoms. The second-order valence-electron chi connectivity index (χ2n) is 1.79. The molecule has 0 aliphatic carbocycles. The maximum absolute atomic E-state index is 8.81. The van der Waals surface area contributed by atoms with E-state index in [1.54, 1.807) is 18.2 Å². The average Bonchev–Trinajstić information content (AvgIpc) is 1.88. The summed E-state index contributed by atoms with van der Waals surface area (Å²) in [6.45, 7) is 1.44. The van der Waals surface area contributed by atoms with Crippen LogP contribution in [0.2, 0.25) is 5.02 Å². The topological polar surface area (TPSA) is 43.1 Å². The molecule has 2 nitrogen and oxygen atoms in total. The van der Waals surface area contributed by atoms with Crippen molar-refractivity contribution in [2.45, 2.75) is 6.92 Å². The van der Waals surface area contributed by atoms with Crippen molar-refractivity contribution in [3.63, 3.8) is 0 Å². The number of hydrogen-bond acceptors (Lipinski definition) is 2. The van der Waals surface area contributed by atoms with Gasteiger partial charge in [0.15, 0.2) is 0 Å². The molecule has 3 heteroatoms. The quantitative estimate of drug-likeness (QED) is 0.480. The minimum atomic E-state index is 0.685. The van der Waals surface area contributed by atoms with Gasteiger partial charge < -0.3 is 10.5 Å². The zero-order chi connectivity index (χ0) is 8.69. The number of carbonyl (C=O) groups excluding carboxylic acids is 1. The Morgan fingerprint density at radius 2 is 2.09 bits per heavy atom. The molecule has 0 saturated heterocycles. The van der Waals surface area contributed by atoms with E-state index in [1.807, 2.05) is 6.07 Å². The largest absolute Gasteiger partial charge is 0.399 e. The highest BCUT2D eigenvalue weighted by molar-refractivity contribution is 6.30. The molecular formula is C8H10ClNO. The number of aldehydes is 1. The molecular weight excluding hydrogens is 162 g/mol. The maximum atomic E-state index is 8.81. The van der Waals surface area contributed by atoms with E-state index in [0.717, 1.165) is 6.29 Å². The van der Waals surface area contributed by atoms with Gasteiger partial charge in [0.2, 0.25) is 0 Å².